The van der Waals surface area contributed by atoms with Crippen LogP contribution in [0.3, 0.4) is 0 Å². The van der Waals surface area contributed by atoms with Crippen LogP contribution >= 0.6 is 0 Å². The Bertz CT molecular complexity index is 1110. The van der Waals surface area contributed by atoms with Crippen LogP contribution in [0.25, 0.3) is 16.6 Å². The summed E-state index contributed by atoms with van der Waals surface area (Å²) in [7, 11) is 0. The third kappa shape index (κ3) is 2.79. The van der Waals surface area contributed by atoms with Gasteiger partial charge in [0.1, 0.15) is 11.2 Å². The third-order valence-corrected chi connectivity index (χ3v) is 5.40. The molecule has 3 aromatic rings. The van der Waals surface area contributed by atoms with E-state index in [1.165, 1.54) is 6.07 Å². The van der Waals surface area contributed by atoms with E-state index in [0.717, 1.165) is 27.7 Å². The maximum Gasteiger partial charge on any atom is 0.318 e. The normalized spacial score (nSPS) is 19.3. The predicted molar refractivity (Wildman–Crippen MR) is 102 cm³/mol. The van der Waals surface area contributed by atoms with E-state index in [2.05, 4.69) is 9.97 Å². The van der Waals surface area contributed by atoms with Gasteiger partial charge in [-0.1, -0.05) is 18.2 Å². The second kappa shape index (κ2) is 6.27. The molecule has 0 radical (unpaired) electrons. The molecule has 0 saturated heterocycles. The molecule has 0 aliphatic heterocycles. The minimum Gasteiger partial charge on any atom is -0.480 e. The lowest BCUT2D eigenvalue weighted by molar-refractivity contribution is -0.141. The van der Waals surface area contributed by atoms with E-state index in [4.69, 9.17) is 0 Å². The molecule has 0 saturated carbocycles. The van der Waals surface area contributed by atoms with Gasteiger partial charge in [0.25, 0.3) is 0 Å². The van der Waals surface area contributed by atoms with Crippen LogP contribution in [0.1, 0.15) is 35.1 Å². The standard InChI is InChI=1S/C22H19FN2O2/c1-13-9-17(14(2)18(23)10-13)22(21(26)27)6-5-16(12-22)15-3-4-19-20(11-15)25-8-7-24-19/h3-4,7-12H,5-6H2,1-2H3,(H,26,27). The summed E-state index contributed by atoms with van der Waals surface area (Å²) in [5.74, 6) is -1.32. The minimum absolute atomic E-state index is 0.367. The summed E-state index contributed by atoms with van der Waals surface area (Å²) in [6.45, 7) is 3.43. The molecule has 0 fully saturated rings. The zero-order valence-corrected chi connectivity index (χ0v) is 15.2. The van der Waals surface area contributed by atoms with Crippen LogP contribution in [0.15, 0.2) is 48.8 Å². The monoisotopic (exact) mass is 362 g/mol. The second-order valence-corrected chi connectivity index (χ2v) is 7.13. The van der Waals surface area contributed by atoms with Crippen LogP contribution in [-0.2, 0) is 10.2 Å². The first-order chi connectivity index (χ1) is 12.9. The van der Waals surface area contributed by atoms with Crippen LogP contribution in [0, 0.1) is 19.7 Å². The summed E-state index contributed by atoms with van der Waals surface area (Å²) >= 11 is 0. The largest absolute Gasteiger partial charge is 0.480 e. The maximum absolute atomic E-state index is 14.3. The Labute approximate surface area is 156 Å². The van der Waals surface area contributed by atoms with Gasteiger partial charge in [-0.15, -0.1) is 0 Å². The number of rotatable bonds is 3. The number of allylic oxidation sites excluding steroid dienone is 1. The Hall–Kier alpha value is -3.08. The zero-order valence-electron chi connectivity index (χ0n) is 15.2. The summed E-state index contributed by atoms with van der Waals surface area (Å²) in [5, 5.41) is 10.1. The molecule has 0 spiro atoms. The number of benzene rings is 2. The molecule has 1 aliphatic carbocycles. The predicted octanol–water partition coefficient (Wildman–Crippen LogP) is 4.59. The average Bonchev–Trinajstić information content (AvgIpc) is 3.11. The summed E-state index contributed by atoms with van der Waals surface area (Å²) in [4.78, 5) is 20.9. The average molecular weight is 362 g/mol. The molecule has 1 N–H and O–H groups in total. The maximum atomic E-state index is 14.3. The smallest absolute Gasteiger partial charge is 0.318 e. The Morgan fingerprint density at radius 2 is 1.85 bits per heavy atom. The first kappa shape index (κ1) is 17.3. The highest BCUT2D eigenvalue weighted by molar-refractivity contribution is 5.91. The number of hydrogen-bond donors (Lipinski definition) is 1. The second-order valence-electron chi connectivity index (χ2n) is 7.13. The number of halogens is 1. The van der Waals surface area contributed by atoms with Gasteiger partial charge < -0.3 is 5.11 Å². The van der Waals surface area contributed by atoms with Crippen molar-refractivity contribution < 1.29 is 14.3 Å². The van der Waals surface area contributed by atoms with Crippen molar-refractivity contribution in [3.8, 4) is 0 Å². The van der Waals surface area contributed by atoms with Crippen LogP contribution in [-0.4, -0.2) is 21.0 Å². The van der Waals surface area contributed by atoms with Gasteiger partial charge in [-0.05, 0) is 72.7 Å². The molecule has 2 aromatic carbocycles. The van der Waals surface area contributed by atoms with Crippen molar-refractivity contribution in [2.75, 3.05) is 0 Å². The van der Waals surface area contributed by atoms with Crippen molar-refractivity contribution >= 4 is 22.6 Å². The van der Waals surface area contributed by atoms with Gasteiger partial charge in [0.05, 0.1) is 11.0 Å². The highest BCUT2D eigenvalue weighted by Gasteiger charge is 2.43. The molecule has 0 amide bonds. The van der Waals surface area contributed by atoms with Gasteiger partial charge in [0.15, 0.2) is 0 Å². The fourth-order valence-electron chi connectivity index (χ4n) is 3.94. The summed E-state index contributed by atoms with van der Waals surface area (Å²) < 4.78 is 14.3. The molecule has 1 aromatic heterocycles. The van der Waals surface area contributed by atoms with Gasteiger partial charge in [0.2, 0.25) is 0 Å². The van der Waals surface area contributed by atoms with E-state index in [-0.39, 0.29) is 5.82 Å². The van der Waals surface area contributed by atoms with Crippen LogP contribution in [0.2, 0.25) is 0 Å². The lowest BCUT2D eigenvalue weighted by Crippen LogP contribution is -2.32. The van der Waals surface area contributed by atoms with Gasteiger partial charge in [-0.3, -0.25) is 14.8 Å². The molecule has 0 bridgehead atoms. The molecule has 1 unspecified atom stereocenters. The molecule has 1 aliphatic rings. The first-order valence-electron chi connectivity index (χ1n) is 8.84. The van der Waals surface area contributed by atoms with Crippen LogP contribution < -0.4 is 0 Å². The number of carboxylic acid groups (broad SMARTS) is 1. The number of nitrogens with zero attached hydrogens (tertiary/aromatic N) is 2. The summed E-state index contributed by atoms with van der Waals surface area (Å²) in [5.41, 5.74) is 3.85. The van der Waals surface area contributed by atoms with Crippen molar-refractivity contribution in [2.24, 2.45) is 0 Å². The van der Waals surface area contributed by atoms with Crippen LogP contribution in [0.4, 0.5) is 4.39 Å². The summed E-state index contributed by atoms with van der Waals surface area (Å²) in [6, 6.07) is 8.98. The van der Waals surface area contributed by atoms with Crippen molar-refractivity contribution in [3.63, 3.8) is 0 Å². The minimum atomic E-state index is -1.22. The van der Waals surface area contributed by atoms with Crippen LogP contribution in [0.5, 0.6) is 0 Å². The van der Waals surface area contributed by atoms with Gasteiger partial charge in [0, 0.05) is 12.4 Å². The van der Waals surface area contributed by atoms with Crippen molar-refractivity contribution in [3.05, 3.63) is 76.9 Å². The molecule has 4 nitrogen and oxygen atoms in total. The van der Waals surface area contributed by atoms with Crippen molar-refractivity contribution in [2.45, 2.75) is 32.1 Å². The number of fused-ring (bicyclic) bond motifs is 1. The van der Waals surface area contributed by atoms with Gasteiger partial charge >= 0.3 is 5.97 Å². The first-order valence-corrected chi connectivity index (χ1v) is 8.84. The third-order valence-electron chi connectivity index (χ3n) is 5.40. The molecule has 4 rings (SSSR count). The fourth-order valence-corrected chi connectivity index (χ4v) is 3.94. The summed E-state index contributed by atoms with van der Waals surface area (Å²) in [6.07, 6.45) is 6.07. The van der Waals surface area contributed by atoms with Crippen molar-refractivity contribution in [1.29, 1.82) is 0 Å². The Morgan fingerprint density at radius 1 is 1.11 bits per heavy atom. The van der Waals surface area contributed by atoms with Gasteiger partial charge in [-0.2, -0.15) is 0 Å². The number of aromatic nitrogens is 2. The Balaban J connectivity index is 1.86. The highest BCUT2D eigenvalue weighted by atomic mass is 19.1. The zero-order chi connectivity index (χ0) is 19.2. The SMILES string of the molecule is Cc1cc(F)c(C)c(C2(C(=O)O)C=C(c3ccc4nccnc4c3)CC2)c1. The molecule has 1 atom stereocenters. The number of carboxylic acids is 1. The molecular weight excluding hydrogens is 343 g/mol. The molecule has 27 heavy (non-hydrogen) atoms. The van der Waals surface area contributed by atoms with E-state index in [1.807, 2.05) is 18.2 Å². The fraction of sp³-hybridized carbons (Fsp3) is 0.227. The quantitative estimate of drug-likeness (QED) is 0.740. The highest BCUT2D eigenvalue weighted by Crippen LogP contribution is 2.45. The van der Waals surface area contributed by atoms with E-state index in [9.17, 15) is 14.3 Å². The van der Waals surface area contributed by atoms with Crippen molar-refractivity contribution in [1.82, 2.24) is 9.97 Å². The number of hydrogen-bond acceptors (Lipinski definition) is 3. The number of aryl methyl sites for hydroxylation is 1. The van der Waals surface area contributed by atoms with Gasteiger partial charge in [-0.25, -0.2) is 4.39 Å². The number of aliphatic carboxylic acids is 1. The van der Waals surface area contributed by atoms with E-state index in [1.54, 1.807) is 38.4 Å². The van der Waals surface area contributed by atoms with E-state index in [0.29, 0.717) is 24.0 Å². The Morgan fingerprint density at radius 3 is 2.59 bits per heavy atom. The molecule has 1 heterocycles. The Kier molecular flexibility index (Phi) is 4.02. The molecular formula is C22H19FN2O2. The van der Waals surface area contributed by atoms with E-state index < -0.39 is 11.4 Å². The molecule has 136 valence electrons. The lowest BCUT2D eigenvalue weighted by atomic mass is 9.77. The lowest BCUT2D eigenvalue weighted by Gasteiger charge is -2.25. The molecule has 5 heteroatoms. The topological polar surface area (TPSA) is 63.1 Å². The number of carbonyl (C=O) groups is 1. The van der Waals surface area contributed by atoms with E-state index >= 15 is 0 Å².